The molecule has 7 nitrogen and oxygen atoms in total. The lowest BCUT2D eigenvalue weighted by molar-refractivity contribution is -0.117. The molecule has 1 aliphatic rings. The highest BCUT2D eigenvalue weighted by Crippen LogP contribution is 2.27. The first-order valence-electron chi connectivity index (χ1n) is 10.7. The number of benzene rings is 2. The van der Waals surface area contributed by atoms with Crippen LogP contribution < -0.4 is 15.4 Å². The van der Waals surface area contributed by atoms with E-state index in [1.807, 2.05) is 0 Å². The second kappa shape index (κ2) is 11.2. The van der Waals surface area contributed by atoms with E-state index in [0.717, 1.165) is 12.8 Å². The van der Waals surface area contributed by atoms with Crippen molar-refractivity contribution in [3.63, 3.8) is 0 Å². The van der Waals surface area contributed by atoms with Crippen molar-refractivity contribution in [1.29, 1.82) is 0 Å². The maximum absolute atomic E-state index is 12.5. The molecule has 0 spiro atoms. The SMILES string of the molecule is CCOC(=O)Oc1ccc(C(=O)Nc2cccc(NC(=O)CC3CCCCC3)c2)cc1. The molecule has 0 atom stereocenters. The molecule has 1 saturated carbocycles. The van der Waals surface area contributed by atoms with Crippen LogP contribution in [0.1, 0.15) is 55.8 Å². The summed E-state index contributed by atoms with van der Waals surface area (Å²) in [6.45, 7) is 1.91. The molecular formula is C24H28N2O5. The second-order valence-corrected chi connectivity index (χ2v) is 7.60. The van der Waals surface area contributed by atoms with Gasteiger partial charge < -0.3 is 20.1 Å². The highest BCUT2D eigenvalue weighted by molar-refractivity contribution is 6.04. The first-order chi connectivity index (χ1) is 15.0. The standard InChI is InChI=1S/C24H28N2O5/c1-2-30-24(29)31-21-13-11-18(12-14-21)23(28)26-20-10-6-9-19(16-20)25-22(27)15-17-7-4-3-5-8-17/h6,9-14,16-17H,2-5,7-8,15H2,1H3,(H,25,27)(H,26,28). The highest BCUT2D eigenvalue weighted by atomic mass is 16.7. The fourth-order valence-corrected chi connectivity index (χ4v) is 3.66. The van der Waals surface area contributed by atoms with Gasteiger partial charge in [-0.25, -0.2) is 4.79 Å². The summed E-state index contributed by atoms with van der Waals surface area (Å²) in [4.78, 5) is 36.2. The number of ether oxygens (including phenoxy) is 2. The largest absolute Gasteiger partial charge is 0.513 e. The molecule has 0 aliphatic heterocycles. The van der Waals surface area contributed by atoms with Crippen molar-refractivity contribution in [3.8, 4) is 5.75 Å². The van der Waals surface area contributed by atoms with Crippen LogP contribution in [-0.2, 0) is 9.53 Å². The molecule has 0 bridgehead atoms. The Balaban J connectivity index is 1.54. The van der Waals surface area contributed by atoms with E-state index in [1.54, 1.807) is 43.3 Å². The third-order valence-corrected chi connectivity index (χ3v) is 5.18. The molecule has 2 aromatic rings. The summed E-state index contributed by atoms with van der Waals surface area (Å²) in [7, 11) is 0. The maximum atomic E-state index is 12.5. The Bertz CT molecular complexity index is 904. The van der Waals surface area contributed by atoms with Crippen molar-refractivity contribution < 1.29 is 23.9 Å². The monoisotopic (exact) mass is 424 g/mol. The van der Waals surface area contributed by atoms with E-state index in [1.165, 1.54) is 31.4 Å². The molecule has 3 rings (SSSR count). The number of carbonyl (C=O) groups excluding carboxylic acids is 3. The van der Waals surface area contributed by atoms with Crippen LogP contribution in [0.4, 0.5) is 16.2 Å². The number of anilines is 2. The smallest absolute Gasteiger partial charge is 0.434 e. The van der Waals surface area contributed by atoms with Crippen LogP contribution in [0.5, 0.6) is 5.75 Å². The zero-order chi connectivity index (χ0) is 22.1. The van der Waals surface area contributed by atoms with Gasteiger partial charge in [-0.2, -0.15) is 0 Å². The highest BCUT2D eigenvalue weighted by Gasteiger charge is 2.17. The second-order valence-electron chi connectivity index (χ2n) is 7.60. The number of amides is 2. The Morgan fingerprint density at radius 2 is 1.61 bits per heavy atom. The molecular weight excluding hydrogens is 396 g/mol. The van der Waals surface area contributed by atoms with Crippen molar-refractivity contribution in [2.24, 2.45) is 5.92 Å². The topological polar surface area (TPSA) is 93.7 Å². The van der Waals surface area contributed by atoms with E-state index in [2.05, 4.69) is 10.6 Å². The van der Waals surface area contributed by atoms with Crippen LogP contribution in [0, 0.1) is 5.92 Å². The third kappa shape index (κ3) is 7.13. The zero-order valence-corrected chi connectivity index (χ0v) is 17.7. The van der Waals surface area contributed by atoms with Crippen LogP contribution in [0.15, 0.2) is 48.5 Å². The number of hydrogen-bond acceptors (Lipinski definition) is 5. The van der Waals surface area contributed by atoms with Gasteiger partial charge in [0.1, 0.15) is 5.75 Å². The van der Waals surface area contributed by atoms with Gasteiger partial charge in [0, 0.05) is 23.4 Å². The molecule has 0 heterocycles. The molecule has 1 fully saturated rings. The van der Waals surface area contributed by atoms with Gasteiger partial charge in [0.2, 0.25) is 5.91 Å². The van der Waals surface area contributed by atoms with Crippen molar-refractivity contribution in [2.45, 2.75) is 45.4 Å². The molecule has 31 heavy (non-hydrogen) atoms. The summed E-state index contributed by atoms with van der Waals surface area (Å²) in [5.41, 5.74) is 1.63. The van der Waals surface area contributed by atoms with Crippen LogP contribution in [0.2, 0.25) is 0 Å². The molecule has 7 heteroatoms. The van der Waals surface area contributed by atoms with Crippen molar-refractivity contribution in [2.75, 3.05) is 17.2 Å². The van der Waals surface area contributed by atoms with Gasteiger partial charge >= 0.3 is 6.16 Å². The van der Waals surface area contributed by atoms with Crippen LogP contribution in [0.3, 0.4) is 0 Å². The van der Waals surface area contributed by atoms with E-state index < -0.39 is 6.16 Å². The fourth-order valence-electron chi connectivity index (χ4n) is 3.66. The average Bonchev–Trinajstić information content (AvgIpc) is 2.75. The number of carbonyl (C=O) groups is 3. The molecule has 1 aliphatic carbocycles. The lowest BCUT2D eigenvalue weighted by Gasteiger charge is -2.20. The third-order valence-electron chi connectivity index (χ3n) is 5.18. The average molecular weight is 424 g/mol. The molecule has 0 radical (unpaired) electrons. The first kappa shape index (κ1) is 22.3. The summed E-state index contributed by atoms with van der Waals surface area (Å²) >= 11 is 0. The van der Waals surface area contributed by atoms with Crippen LogP contribution in [0.25, 0.3) is 0 Å². The normalized spacial score (nSPS) is 13.8. The minimum Gasteiger partial charge on any atom is -0.434 e. The fraction of sp³-hybridized carbons (Fsp3) is 0.375. The summed E-state index contributed by atoms with van der Waals surface area (Å²) in [5, 5.41) is 5.74. The Labute approximate surface area is 182 Å². The van der Waals surface area contributed by atoms with Crippen LogP contribution in [-0.4, -0.2) is 24.6 Å². The molecule has 2 amide bonds. The van der Waals surface area contributed by atoms with Gasteiger partial charge in [-0.05, 0) is 68.1 Å². The summed E-state index contributed by atoms with van der Waals surface area (Å²) in [6.07, 6.45) is 5.66. The molecule has 0 aromatic heterocycles. The van der Waals surface area contributed by atoms with E-state index in [9.17, 15) is 14.4 Å². The number of rotatable bonds is 7. The van der Waals surface area contributed by atoms with E-state index in [4.69, 9.17) is 9.47 Å². The Hall–Kier alpha value is -3.35. The Morgan fingerprint density at radius 3 is 2.29 bits per heavy atom. The number of nitrogens with one attached hydrogen (secondary N) is 2. The van der Waals surface area contributed by atoms with Gasteiger partial charge in [0.25, 0.3) is 5.91 Å². The molecule has 0 unspecified atom stereocenters. The zero-order valence-electron chi connectivity index (χ0n) is 17.7. The van der Waals surface area contributed by atoms with Gasteiger partial charge in [0.15, 0.2) is 0 Å². The lowest BCUT2D eigenvalue weighted by Crippen LogP contribution is -2.18. The van der Waals surface area contributed by atoms with Crippen molar-refractivity contribution in [1.82, 2.24) is 0 Å². The Kier molecular flexibility index (Phi) is 8.04. The predicted octanol–water partition coefficient (Wildman–Crippen LogP) is 5.38. The molecule has 164 valence electrons. The minimum atomic E-state index is -0.790. The molecule has 0 saturated heterocycles. The predicted molar refractivity (Wildman–Crippen MR) is 118 cm³/mol. The Morgan fingerprint density at radius 1 is 0.935 bits per heavy atom. The van der Waals surface area contributed by atoms with E-state index in [-0.39, 0.29) is 24.2 Å². The maximum Gasteiger partial charge on any atom is 0.513 e. The van der Waals surface area contributed by atoms with Gasteiger partial charge in [-0.15, -0.1) is 0 Å². The van der Waals surface area contributed by atoms with Crippen LogP contribution >= 0.6 is 0 Å². The van der Waals surface area contributed by atoms with Crippen molar-refractivity contribution >= 4 is 29.3 Å². The molecule has 2 N–H and O–H groups in total. The number of hydrogen-bond donors (Lipinski definition) is 2. The quantitative estimate of drug-likeness (QED) is 0.459. The lowest BCUT2D eigenvalue weighted by atomic mass is 9.87. The van der Waals surface area contributed by atoms with E-state index in [0.29, 0.717) is 29.3 Å². The van der Waals surface area contributed by atoms with Crippen molar-refractivity contribution in [3.05, 3.63) is 54.1 Å². The van der Waals surface area contributed by atoms with E-state index >= 15 is 0 Å². The summed E-state index contributed by atoms with van der Waals surface area (Å²) < 4.78 is 9.69. The van der Waals surface area contributed by atoms with Gasteiger partial charge in [-0.3, -0.25) is 9.59 Å². The van der Waals surface area contributed by atoms with Gasteiger partial charge in [0.05, 0.1) is 6.61 Å². The molecule has 2 aromatic carbocycles. The summed E-state index contributed by atoms with van der Waals surface area (Å²) in [6, 6.07) is 13.2. The minimum absolute atomic E-state index is 0.00700. The van der Waals surface area contributed by atoms with Gasteiger partial charge in [-0.1, -0.05) is 25.3 Å². The summed E-state index contributed by atoms with van der Waals surface area (Å²) in [5.74, 6) is 0.450. The first-order valence-corrected chi connectivity index (χ1v) is 10.7.